The molecule has 2 heterocycles. The van der Waals surface area contributed by atoms with Crippen LogP contribution in [0, 0.1) is 13.8 Å². The smallest absolute Gasteiger partial charge is 0.335 e. The first-order valence-corrected chi connectivity index (χ1v) is 10.4. The summed E-state index contributed by atoms with van der Waals surface area (Å²) in [4.78, 5) is 42.0. The molecule has 2 aromatic rings. The van der Waals surface area contributed by atoms with E-state index < -0.39 is 5.97 Å². The van der Waals surface area contributed by atoms with Crippen LogP contribution in [-0.2, 0) is 4.79 Å². The highest BCUT2D eigenvalue weighted by atomic mass is 16.4. The van der Waals surface area contributed by atoms with Gasteiger partial charge >= 0.3 is 5.97 Å². The van der Waals surface area contributed by atoms with Crippen molar-refractivity contribution in [2.75, 3.05) is 31.5 Å². The molecule has 0 radical (unpaired) electrons. The number of H-pyrrole nitrogens is 1. The highest BCUT2D eigenvalue weighted by Crippen LogP contribution is 2.34. The molecular weight excluding hydrogens is 396 g/mol. The van der Waals surface area contributed by atoms with E-state index in [1.54, 1.807) is 12.1 Å². The molecule has 1 aromatic heterocycles. The monoisotopic (exact) mass is 424 g/mol. The number of fused-ring (bicyclic) bond motifs is 1. The van der Waals surface area contributed by atoms with Gasteiger partial charge in [-0.2, -0.15) is 0 Å². The van der Waals surface area contributed by atoms with Crippen molar-refractivity contribution in [3.63, 3.8) is 0 Å². The molecule has 0 unspecified atom stereocenters. The van der Waals surface area contributed by atoms with Crippen LogP contribution in [0.1, 0.15) is 57.1 Å². The van der Waals surface area contributed by atoms with E-state index in [1.807, 2.05) is 13.8 Å². The summed E-state index contributed by atoms with van der Waals surface area (Å²) in [5.74, 6) is -1.53. The second-order valence-electron chi connectivity index (χ2n) is 7.52. The molecule has 0 fully saturated rings. The van der Waals surface area contributed by atoms with Crippen LogP contribution in [0.25, 0.3) is 11.6 Å². The van der Waals surface area contributed by atoms with Gasteiger partial charge in [0, 0.05) is 35.7 Å². The van der Waals surface area contributed by atoms with Crippen molar-refractivity contribution in [1.82, 2.24) is 15.2 Å². The fraction of sp³-hybridized carbons (Fsp3) is 0.348. The van der Waals surface area contributed by atoms with Gasteiger partial charge in [-0.15, -0.1) is 0 Å². The van der Waals surface area contributed by atoms with Crippen molar-refractivity contribution < 1.29 is 19.5 Å². The third kappa shape index (κ3) is 4.54. The van der Waals surface area contributed by atoms with E-state index in [0.29, 0.717) is 40.3 Å². The summed E-state index contributed by atoms with van der Waals surface area (Å²) in [5, 5.41) is 15.0. The third-order valence-corrected chi connectivity index (χ3v) is 5.65. The molecule has 0 bridgehead atoms. The highest BCUT2D eigenvalue weighted by Gasteiger charge is 2.26. The maximum Gasteiger partial charge on any atom is 0.335 e. The summed E-state index contributed by atoms with van der Waals surface area (Å²) < 4.78 is 0. The Morgan fingerprint density at radius 2 is 1.90 bits per heavy atom. The van der Waals surface area contributed by atoms with Crippen LogP contribution in [0.5, 0.6) is 0 Å². The Morgan fingerprint density at radius 1 is 1.19 bits per heavy atom. The molecule has 1 aliphatic heterocycles. The third-order valence-electron chi connectivity index (χ3n) is 5.65. The van der Waals surface area contributed by atoms with Crippen LogP contribution in [-0.4, -0.2) is 59.0 Å². The number of amides is 2. The molecule has 4 N–H and O–H groups in total. The predicted molar refractivity (Wildman–Crippen MR) is 120 cm³/mol. The van der Waals surface area contributed by atoms with E-state index in [0.717, 1.165) is 25.2 Å². The summed E-state index contributed by atoms with van der Waals surface area (Å²) in [5.41, 5.74) is 4.21. The van der Waals surface area contributed by atoms with Crippen molar-refractivity contribution in [2.45, 2.75) is 27.7 Å². The Bertz CT molecular complexity index is 1060. The number of aryl methyl sites for hydroxylation is 1. The molecule has 164 valence electrons. The van der Waals surface area contributed by atoms with Gasteiger partial charge in [0.05, 0.1) is 16.7 Å². The molecule has 3 rings (SSSR count). The molecule has 8 heteroatoms. The number of aromatic amines is 1. The summed E-state index contributed by atoms with van der Waals surface area (Å²) in [6.07, 6.45) is 1.67. The molecule has 8 nitrogen and oxygen atoms in total. The van der Waals surface area contributed by atoms with E-state index in [1.165, 1.54) is 12.1 Å². The summed E-state index contributed by atoms with van der Waals surface area (Å²) in [6, 6.07) is 4.52. The van der Waals surface area contributed by atoms with E-state index >= 15 is 0 Å². The summed E-state index contributed by atoms with van der Waals surface area (Å²) in [6.45, 7) is 11.0. The van der Waals surface area contributed by atoms with E-state index in [-0.39, 0.29) is 17.4 Å². The van der Waals surface area contributed by atoms with Crippen LogP contribution in [0.4, 0.5) is 5.69 Å². The van der Waals surface area contributed by atoms with Gasteiger partial charge in [0.2, 0.25) is 0 Å². The second kappa shape index (κ2) is 9.18. The number of aromatic nitrogens is 1. The molecular formula is C23H28N4O4. The van der Waals surface area contributed by atoms with Crippen LogP contribution in [0.3, 0.4) is 0 Å². The topological polar surface area (TPSA) is 115 Å². The number of hydrogen-bond acceptors (Lipinski definition) is 4. The van der Waals surface area contributed by atoms with Crippen LogP contribution >= 0.6 is 0 Å². The molecule has 2 amide bonds. The predicted octanol–water partition coefficient (Wildman–Crippen LogP) is 2.89. The van der Waals surface area contributed by atoms with Crippen molar-refractivity contribution in [3.05, 3.63) is 51.8 Å². The highest BCUT2D eigenvalue weighted by molar-refractivity contribution is 6.35. The van der Waals surface area contributed by atoms with Crippen molar-refractivity contribution >= 4 is 35.1 Å². The maximum absolute atomic E-state index is 12.8. The first-order valence-electron chi connectivity index (χ1n) is 10.4. The minimum absolute atomic E-state index is 0.105. The molecule has 0 saturated heterocycles. The van der Waals surface area contributed by atoms with Crippen molar-refractivity contribution in [2.24, 2.45) is 0 Å². The minimum atomic E-state index is -1.06. The number of carbonyl (C=O) groups excluding carboxylic acids is 2. The van der Waals surface area contributed by atoms with Gasteiger partial charge in [-0.05, 0) is 56.8 Å². The number of rotatable bonds is 8. The lowest BCUT2D eigenvalue weighted by atomic mass is 10.0. The number of carboxylic acids is 1. The van der Waals surface area contributed by atoms with Gasteiger partial charge in [-0.1, -0.05) is 13.8 Å². The summed E-state index contributed by atoms with van der Waals surface area (Å²) >= 11 is 0. The second-order valence-corrected chi connectivity index (χ2v) is 7.52. The van der Waals surface area contributed by atoms with Gasteiger partial charge in [0.1, 0.15) is 0 Å². The normalized spacial score (nSPS) is 14.1. The van der Waals surface area contributed by atoms with E-state index in [4.69, 9.17) is 0 Å². The number of carboxylic acid groups (broad SMARTS) is 1. The molecule has 1 aliphatic rings. The van der Waals surface area contributed by atoms with E-state index in [2.05, 4.69) is 34.4 Å². The Morgan fingerprint density at radius 3 is 2.55 bits per heavy atom. The Labute approximate surface area is 181 Å². The number of likely N-dealkylation sites (N-methyl/N-ethyl adjacent to an activating group) is 1. The zero-order valence-corrected chi connectivity index (χ0v) is 18.3. The standard InChI is InChI=1S/C23H28N4O4/c1-5-27(6-2)10-9-24-22(29)20-13(3)19(25-14(20)4)12-17-16-11-15(23(30)31)7-8-18(16)26-21(17)28/h7-8,11-12,25H,5-6,9-10H2,1-4H3,(H,24,29)(H,26,28)(H,30,31)/b17-12-. The van der Waals surface area contributed by atoms with Crippen molar-refractivity contribution in [3.8, 4) is 0 Å². The van der Waals surface area contributed by atoms with Gasteiger partial charge in [-0.25, -0.2) is 4.79 Å². The number of anilines is 1. The van der Waals surface area contributed by atoms with Gasteiger partial charge in [0.25, 0.3) is 11.8 Å². The number of nitrogens with one attached hydrogen (secondary N) is 3. The van der Waals surface area contributed by atoms with Gasteiger partial charge < -0.3 is 25.6 Å². The molecule has 1 aromatic carbocycles. The lowest BCUT2D eigenvalue weighted by molar-refractivity contribution is -0.110. The van der Waals surface area contributed by atoms with Crippen molar-refractivity contribution in [1.29, 1.82) is 0 Å². The molecule has 0 spiro atoms. The van der Waals surface area contributed by atoms with E-state index in [9.17, 15) is 19.5 Å². The minimum Gasteiger partial charge on any atom is -0.478 e. The SMILES string of the molecule is CCN(CC)CCNC(=O)c1c(C)[nH]c(/C=C2\C(=O)Nc3ccc(C(=O)O)cc32)c1C. The first-order chi connectivity index (χ1) is 14.8. The zero-order valence-electron chi connectivity index (χ0n) is 18.3. The Hall–Kier alpha value is -3.39. The largest absolute Gasteiger partial charge is 0.478 e. The first kappa shape index (κ1) is 22.3. The maximum atomic E-state index is 12.8. The molecule has 31 heavy (non-hydrogen) atoms. The fourth-order valence-corrected chi connectivity index (χ4v) is 3.82. The molecule has 0 aliphatic carbocycles. The molecule has 0 atom stereocenters. The average Bonchev–Trinajstić information content (AvgIpc) is 3.20. The number of nitrogens with zero attached hydrogens (tertiary/aromatic N) is 1. The number of hydrogen-bond donors (Lipinski definition) is 4. The van der Waals surface area contributed by atoms with Gasteiger partial charge in [0.15, 0.2) is 0 Å². The molecule has 0 saturated carbocycles. The summed E-state index contributed by atoms with van der Waals surface area (Å²) in [7, 11) is 0. The lowest BCUT2D eigenvalue weighted by Crippen LogP contribution is -2.35. The van der Waals surface area contributed by atoms with Crippen LogP contribution in [0.2, 0.25) is 0 Å². The Balaban J connectivity index is 1.87. The Kier molecular flexibility index (Phi) is 6.60. The fourth-order valence-electron chi connectivity index (χ4n) is 3.82. The zero-order chi connectivity index (χ0) is 22.7. The number of carbonyl (C=O) groups is 3. The quantitative estimate of drug-likeness (QED) is 0.487. The number of aromatic carboxylic acids is 1. The average molecular weight is 425 g/mol. The van der Waals surface area contributed by atoms with Crippen LogP contribution in [0.15, 0.2) is 18.2 Å². The number of benzene rings is 1. The van der Waals surface area contributed by atoms with Gasteiger partial charge in [-0.3, -0.25) is 9.59 Å². The lowest BCUT2D eigenvalue weighted by Gasteiger charge is -2.18. The van der Waals surface area contributed by atoms with Crippen LogP contribution < -0.4 is 10.6 Å².